The van der Waals surface area contributed by atoms with Gasteiger partial charge in [0.2, 0.25) is 0 Å². The van der Waals surface area contributed by atoms with E-state index in [1.165, 1.54) is 12.1 Å². The molecule has 0 aliphatic rings. The monoisotopic (exact) mass is 306 g/mol. The minimum absolute atomic E-state index is 0.0907. The van der Waals surface area contributed by atoms with Crippen LogP contribution in [-0.4, -0.2) is 6.03 Å². The van der Waals surface area contributed by atoms with Gasteiger partial charge in [-0.15, -0.1) is 0 Å². The lowest BCUT2D eigenvalue weighted by molar-refractivity contribution is 0.249. The summed E-state index contributed by atoms with van der Waals surface area (Å²) in [7, 11) is 0. The van der Waals surface area contributed by atoms with Gasteiger partial charge in [0.05, 0.1) is 11.7 Å². The summed E-state index contributed by atoms with van der Waals surface area (Å²) in [6.45, 7) is 3.86. The van der Waals surface area contributed by atoms with Gasteiger partial charge in [0.25, 0.3) is 0 Å². The molecule has 0 unspecified atom stereocenters. The number of hydrogen-bond acceptors (Lipinski definition) is 1. The Morgan fingerprint density at radius 1 is 1.19 bits per heavy atom. The molecule has 1 atom stereocenters. The molecule has 5 heteroatoms. The predicted octanol–water partition coefficient (Wildman–Crippen LogP) is 4.67. The van der Waals surface area contributed by atoms with Crippen molar-refractivity contribution in [2.45, 2.75) is 19.9 Å². The largest absolute Gasteiger partial charge is 0.331 e. The maximum atomic E-state index is 13.6. The molecule has 2 amide bonds. The Bertz CT molecular complexity index is 643. The van der Waals surface area contributed by atoms with Gasteiger partial charge in [-0.05, 0) is 37.6 Å². The highest BCUT2D eigenvalue weighted by Gasteiger charge is 2.11. The molecule has 0 saturated heterocycles. The molecule has 0 heterocycles. The summed E-state index contributed by atoms with van der Waals surface area (Å²) in [5.74, 6) is -0.569. The summed E-state index contributed by atoms with van der Waals surface area (Å²) in [5, 5.41) is 5.51. The molecule has 0 spiro atoms. The van der Waals surface area contributed by atoms with Crippen LogP contribution in [0.1, 0.15) is 24.1 Å². The van der Waals surface area contributed by atoms with E-state index in [0.29, 0.717) is 0 Å². The first-order chi connectivity index (χ1) is 9.95. The fourth-order valence-electron chi connectivity index (χ4n) is 1.88. The third kappa shape index (κ3) is 4.20. The molecule has 2 N–H and O–H groups in total. The maximum absolute atomic E-state index is 13.6. The van der Waals surface area contributed by atoms with E-state index >= 15 is 0 Å². The number of aryl methyl sites for hydroxylation is 1. The van der Waals surface area contributed by atoms with Crippen molar-refractivity contribution >= 4 is 23.3 Å². The maximum Gasteiger partial charge on any atom is 0.319 e. The number of amides is 2. The van der Waals surface area contributed by atoms with Crippen LogP contribution < -0.4 is 10.6 Å². The minimum atomic E-state index is -0.569. The molecule has 110 valence electrons. The van der Waals surface area contributed by atoms with Gasteiger partial charge in [-0.3, -0.25) is 0 Å². The molecule has 0 aliphatic heterocycles. The summed E-state index contributed by atoms with van der Waals surface area (Å²) >= 11 is 5.66. The van der Waals surface area contributed by atoms with Gasteiger partial charge in [-0.2, -0.15) is 0 Å². The van der Waals surface area contributed by atoms with Gasteiger partial charge in [-0.1, -0.05) is 41.4 Å². The van der Waals surface area contributed by atoms with Crippen molar-refractivity contribution in [1.29, 1.82) is 0 Å². The molecule has 0 aliphatic carbocycles. The predicted molar refractivity (Wildman–Crippen MR) is 83.2 cm³/mol. The quantitative estimate of drug-likeness (QED) is 0.850. The number of hydrogen-bond donors (Lipinski definition) is 2. The molecule has 0 fully saturated rings. The smallest absolute Gasteiger partial charge is 0.319 e. The zero-order chi connectivity index (χ0) is 15.4. The number of anilines is 1. The number of nitrogens with one attached hydrogen (secondary N) is 2. The van der Waals surface area contributed by atoms with Crippen LogP contribution in [0.5, 0.6) is 0 Å². The second kappa shape index (κ2) is 6.59. The van der Waals surface area contributed by atoms with Gasteiger partial charge in [-0.25, -0.2) is 9.18 Å². The third-order valence-corrected chi connectivity index (χ3v) is 3.34. The highest BCUT2D eigenvalue weighted by molar-refractivity contribution is 6.30. The topological polar surface area (TPSA) is 41.1 Å². The fourth-order valence-corrected chi connectivity index (χ4v) is 2.04. The molecule has 0 aromatic heterocycles. The Balaban J connectivity index is 1.99. The zero-order valence-corrected chi connectivity index (χ0v) is 12.5. The van der Waals surface area contributed by atoms with Crippen LogP contribution >= 0.6 is 11.6 Å². The molecule has 2 aromatic rings. The van der Waals surface area contributed by atoms with Crippen LogP contribution in [0.4, 0.5) is 14.9 Å². The molecule has 21 heavy (non-hydrogen) atoms. The van der Waals surface area contributed by atoms with Crippen LogP contribution in [-0.2, 0) is 0 Å². The van der Waals surface area contributed by atoms with E-state index in [0.717, 1.165) is 17.2 Å². The Morgan fingerprint density at radius 3 is 2.48 bits per heavy atom. The van der Waals surface area contributed by atoms with E-state index in [1.807, 2.05) is 38.1 Å². The lowest BCUT2D eigenvalue weighted by Crippen LogP contribution is -2.31. The second-order valence-corrected chi connectivity index (χ2v) is 5.29. The summed E-state index contributed by atoms with van der Waals surface area (Å²) in [6, 6.07) is 11.3. The van der Waals surface area contributed by atoms with E-state index < -0.39 is 11.8 Å². The van der Waals surface area contributed by atoms with Crippen molar-refractivity contribution < 1.29 is 9.18 Å². The summed E-state index contributed by atoms with van der Waals surface area (Å²) in [5.41, 5.74) is 2.22. The highest BCUT2D eigenvalue weighted by Crippen LogP contribution is 2.19. The van der Waals surface area contributed by atoms with Crippen molar-refractivity contribution in [2.75, 3.05) is 5.32 Å². The van der Waals surface area contributed by atoms with Gasteiger partial charge in [0.1, 0.15) is 5.82 Å². The van der Waals surface area contributed by atoms with Gasteiger partial charge >= 0.3 is 6.03 Å². The van der Waals surface area contributed by atoms with Crippen molar-refractivity contribution in [2.24, 2.45) is 0 Å². The molecule has 0 bridgehead atoms. The van der Waals surface area contributed by atoms with E-state index in [9.17, 15) is 9.18 Å². The van der Waals surface area contributed by atoms with Crippen LogP contribution in [0.2, 0.25) is 5.02 Å². The number of halogens is 2. The first-order valence-corrected chi connectivity index (χ1v) is 6.92. The molecular formula is C16H16ClFN2O. The summed E-state index contributed by atoms with van der Waals surface area (Å²) < 4.78 is 13.6. The van der Waals surface area contributed by atoms with E-state index in [1.54, 1.807) is 0 Å². The fraction of sp³-hybridized carbons (Fsp3) is 0.188. The first kappa shape index (κ1) is 15.3. The van der Waals surface area contributed by atoms with Crippen LogP contribution in [0.3, 0.4) is 0 Å². The minimum Gasteiger partial charge on any atom is -0.331 e. The summed E-state index contributed by atoms with van der Waals surface area (Å²) in [6.07, 6.45) is 0. The third-order valence-electron chi connectivity index (χ3n) is 3.10. The van der Waals surface area contributed by atoms with Crippen molar-refractivity contribution in [3.8, 4) is 0 Å². The van der Waals surface area contributed by atoms with Crippen LogP contribution in [0.15, 0.2) is 42.5 Å². The molecular weight excluding hydrogens is 291 g/mol. The Labute approximate surface area is 128 Å². The number of urea groups is 1. The first-order valence-electron chi connectivity index (χ1n) is 6.55. The Morgan fingerprint density at radius 2 is 1.86 bits per heavy atom. The number of carbonyl (C=O) groups is 1. The van der Waals surface area contributed by atoms with Gasteiger partial charge in [0.15, 0.2) is 0 Å². The molecule has 2 aromatic carbocycles. The van der Waals surface area contributed by atoms with Crippen LogP contribution in [0, 0.1) is 12.7 Å². The molecule has 0 radical (unpaired) electrons. The number of rotatable bonds is 3. The molecule has 0 saturated carbocycles. The van der Waals surface area contributed by atoms with Gasteiger partial charge in [0, 0.05) is 5.02 Å². The van der Waals surface area contributed by atoms with Crippen molar-refractivity contribution in [3.63, 3.8) is 0 Å². The van der Waals surface area contributed by atoms with E-state index in [-0.39, 0.29) is 16.8 Å². The highest BCUT2D eigenvalue weighted by atomic mass is 35.5. The van der Waals surface area contributed by atoms with Gasteiger partial charge < -0.3 is 10.6 Å². The van der Waals surface area contributed by atoms with E-state index in [2.05, 4.69) is 10.6 Å². The SMILES string of the molecule is Cc1ccc([C@@H](C)NC(=O)Nc2ccc(Cl)cc2F)cc1. The van der Waals surface area contributed by atoms with Crippen molar-refractivity contribution in [1.82, 2.24) is 5.32 Å². The average molecular weight is 307 g/mol. The molecule has 2 rings (SSSR count). The standard InChI is InChI=1S/C16H16ClFN2O/c1-10-3-5-12(6-4-10)11(2)19-16(21)20-15-8-7-13(17)9-14(15)18/h3-9,11H,1-2H3,(H2,19,20,21)/t11-/m1/s1. The van der Waals surface area contributed by atoms with E-state index in [4.69, 9.17) is 11.6 Å². The Kier molecular flexibility index (Phi) is 4.81. The molecule has 3 nitrogen and oxygen atoms in total. The average Bonchev–Trinajstić information content (AvgIpc) is 2.42. The lowest BCUT2D eigenvalue weighted by Gasteiger charge is -2.15. The second-order valence-electron chi connectivity index (χ2n) is 4.86. The summed E-state index contributed by atoms with van der Waals surface area (Å²) in [4.78, 5) is 11.9. The lowest BCUT2D eigenvalue weighted by atomic mass is 10.1. The number of carbonyl (C=O) groups excluding carboxylic acids is 1. The van der Waals surface area contributed by atoms with Crippen LogP contribution in [0.25, 0.3) is 0 Å². The Hall–Kier alpha value is -2.07. The zero-order valence-electron chi connectivity index (χ0n) is 11.8. The van der Waals surface area contributed by atoms with Crippen molar-refractivity contribution in [3.05, 3.63) is 64.4 Å². The normalized spacial score (nSPS) is 11.8. The number of benzene rings is 2.